The first-order valence-corrected chi connectivity index (χ1v) is 10.3. The minimum absolute atomic E-state index is 0.0889. The van der Waals surface area contributed by atoms with Gasteiger partial charge in [-0.3, -0.25) is 4.79 Å². The maximum absolute atomic E-state index is 12.8. The van der Waals surface area contributed by atoms with Gasteiger partial charge < -0.3 is 15.4 Å². The Bertz CT molecular complexity index is 1010. The highest BCUT2D eigenvalue weighted by atomic mass is 19.4. The van der Waals surface area contributed by atoms with Crippen LogP contribution in [-0.2, 0) is 11.2 Å². The normalized spacial score (nSPS) is 23.0. The lowest BCUT2D eigenvalue weighted by molar-refractivity contribution is -0.174. The third-order valence-electron chi connectivity index (χ3n) is 6.29. The number of fused-ring (bicyclic) bond motifs is 5. The van der Waals surface area contributed by atoms with Crippen molar-refractivity contribution >= 4 is 17.8 Å². The summed E-state index contributed by atoms with van der Waals surface area (Å²) in [5, 5.41) is 14.0. The molecule has 1 saturated heterocycles. The maximum Gasteiger partial charge on any atom is 0.471 e. The average molecular weight is 431 g/mol. The number of anilines is 1. The zero-order valence-corrected chi connectivity index (χ0v) is 17.1. The molecule has 0 spiro atoms. The summed E-state index contributed by atoms with van der Waals surface area (Å²) in [6, 6.07) is 13.5. The van der Waals surface area contributed by atoms with Crippen molar-refractivity contribution in [1.29, 1.82) is 0 Å². The van der Waals surface area contributed by atoms with Gasteiger partial charge in [-0.05, 0) is 41.2 Å². The molecule has 2 aromatic rings. The lowest BCUT2D eigenvalue weighted by Crippen LogP contribution is -2.49. The predicted molar refractivity (Wildman–Crippen MR) is 112 cm³/mol. The molecule has 31 heavy (non-hydrogen) atoms. The molecule has 2 aliphatic heterocycles. The van der Waals surface area contributed by atoms with Gasteiger partial charge in [-0.1, -0.05) is 43.3 Å². The van der Waals surface area contributed by atoms with Crippen molar-refractivity contribution in [2.75, 3.05) is 11.4 Å². The number of carbonyl (C=O) groups excluding carboxylic acids is 1. The van der Waals surface area contributed by atoms with E-state index in [1.807, 2.05) is 30.3 Å². The van der Waals surface area contributed by atoms with Gasteiger partial charge in [0.05, 0.1) is 6.04 Å². The summed E-state index contributed by atoms with van der Waals surface area (Å²) in [7, 11) is 0. The highest BCUT2D eigenvalue weighted by molar-refractivity contribution is 5.82. The van der Waals surface area contributed by atoms with Crippen LogP contribution in [0.3, 0.4) is 0 Å². The molecule has 0 saturated carbocycles. The lowest BCUT2D eigenvalue weighted by atomic mass is 9.86. The van der Waals surface area contributed by atoms with E-state index in [9.17, 15) is 18.0 Å². The minimum Gasteiger partial charge on any atom is -0.411 e. The van der Waals surface area contributed by atoms with Gasteiger partial charge in [-0.25, -0.2) is 0 Å². The number of benzene rings is 2. The van der Waals surface area contributed by atoms with Crippen molar-refractivity contribution in [2.45, 2.75) is 50.4 Å². The molecule has 0 aliphatic carbocycles. The molecule has 5 nitrogen and oxygen atoms in total. The number of rotatable bonds is 3. The summed E-state index contributed by atoms with van der Waals surface area (Å²) in [6.45, 7) is 2.67. The lowest BCUT2D eigenvalue weighted by Gasteiger charge is -2.41. The van der Waals surface area contributed by atoms with Gasteiger partial charge in [0.1, 0.15) is 0 Å². The van der Waals surface area contributed by atoms with E-state index in [4.69, 9.17) is 5.21 Å². The van der Waals surface area contributed by atoms with Crippen LogP contribution < -0.4 is 10.2 Å². The molecule has 2 aromatic carbocycles. The minimum atomic E-state index is -4.88. The molecule has 2 aliphatic rings. The predicted octanol–water partition coefficient (Wildman–Crippen LogP) is 4.54. The Morgan fingerprint density at radius 2 is 1.97 bits per heavy atom. The van der Waals surface area contributed by atoms with Crippen LogP contribution in [0, 0.1) is 0 Å². The Morgan fingerprint density at radius 1 is 1.23 bits per heavy atom. The van der Waals surface area contributed by atoms with Crippen LogP contribution >= 0.6 is 0 Å². The van der Waals surface area contributed by atoms with Gasteiger partial charge in [-0.2, -0.15) is 13.2 Å². The quantitative estimate of drug-likeness (QED) is 0.426. The molecule has 2 N–H and O–H groups in total. The summed E-state index contributed by atoms with van der Waals surface area (Å²) in [5.74, 6) is -1.79. The van der Waals surface area contributed by atoms with E-state index >= 15 is 0 Å². The van der Waals surface area contributed by atoms with E-state index in [1.165, 1.54) is 6.21 Å². The third kappa shape index (κ3) is 4.11. The molecular formula is C23H24F3N3O2. The summed E-state index contributed by atoms with van der Waals surface area (Å²) in [6.07, 6.45) is -2.09. The van der Waals surface area contributed by atoms with Crippen LogP contribution in [0.5, 0.6) is 0 Å². The average Bonchev–Trinajstić information content (AvgIpc) is 2.85. The molecule has 3 atom stereocenters. The number of oxime groups is 1. The van der Waals surface area contributed by atoms with Crippen LogP contribution in [0.4, 0.5) is 18.9 Å². The Balaban J connectivity index is 1.72. The largest absolute Gasteiger partial charge is 0.471 e. The van der Waals surface area contributed by atoms with E-state index in [-0.39, 0.29) is 12.0 Å². The monoisotopic (exact) mass is 431 g/mol. The van der Waals surface area contributed by atoms with E-state index in [0.717, 1.165) is 27.9 Å². The molecule has 0 aromatic heterocycles. The number of nitrogens with one attached hydrogen (secondary N) is 1. The maximum atomic E-state index is 12.8. The van der Waals surface area contributed by atoms with Crippen molar-refractivity contribution < 1.29 is 23.2 Å². The van der Waals surface area contributed by atoms with Crippen molar-refractivity contribution in [2.24, 2.45) is 5.16 Å². The van der Waals surface area contributed by atoms with E-state index in [2.05, 4.69) is 34.4 Å². The second kappa shape index (κ2) is 8.24. The number of halogens is 3. The van der Waals surface area contributed by atoms with E-state index in [1.54, 1.807) is 0 Å². The summed E-state index contributed by atoms with van der Waals surface area (Å²) in [4.78, 5) is 13.8. The topological polar surface area (TPSA) is 64.9 Å². The van der Waals surface area contributed by atoms with Crippen molar-refractivity contribution in [3.8, 4) is 0 Å². The number of piperidine rings is 1. The zero-order valence-electron chi connectivity index (χ0n) is 17.1. The van der Waals surface area contributed by atoms with Gasteiger partial charge >= 0.3 is 12.1 Å². The Morgan fingerprint density at radius 3 is 2.68 bits per heavy atom. The van der Waals surface area contributed by atoms with Gasteiger partial charge in [-0.15, -0.1) is 5.16 Å². The fourth-order valence-corrected chi connectivity index (χ4v) is 4.81. The van der Waals surface area contributed by atoms with Crippen LogP contribution in [-0.4, -0.2) is 36.1 Å². The van der Waals surface area contributed by atoms with E-state index in [0.29, 0.717) is 25.8 Å². The highest BCUT2D eigenvalue weighted by Crippen LogP contribution is 2.46. The SMILES string of the molecule is C[C@@H]1c2ccccc2[C@H]2C[C@H](NC(=O)C(F)(F)F)CCN2c2ccc(CC=NO)cc21. The highest BCUT2D eigenvalue weighted by Gasteiger charge is 2.42. The number of amides is 1. The van der Waals surface area contributed by atoms with Crippen LogP contribution in [0.1, 0.15) is 54.0 Å². The first kappa shape index (κ1) is 21.2. The second-order valence-electron chi connectivity index (χ2n) is 8.15. The first-order valence-electron chi connectivity index (χ1n) is 10.3. The number of carbonyl (C=O) groups is 1. The number of hydrogen-bond acceptors (Lipinski definition) is 4. The molecule has 1 amide bonds. The van der Waals surface area contributed by atoms with E-state index < -0.39 is 18.1 Å². The molecule has 164 valence electrons. The van der Waals surface area contributed by atoms with Crippen LogP contribution in [0.25, 0.3) is 0 Å². The molecule has 2 heterocycles. The van der Waals surface area contributed by atoms with Crippen molar-refractivity contribution in [3.05, 3.63) is 64.7 Å². The first-order chi connectivity index (χ1) is 14.8. The fourth-order valence-electron chi connectivity index (χ4n) is 4.81. The Hall–Kier alpha value is -3.03. The summed E-state index contributed by atoms with van der Waals surface area (Å²) in [5.41, 5.74) is 5.42. The molecule has 0 bridgehead atoms. The number of alkyl halides is 3. The van der Waals surface area contributed by atoms with Gasteiger partial charge in [0, 0.05) is 36.8 Å². The molecule has 8 heteroatoms. The number of hydrogen-bond donors (Lipinski definition) is 2. The van der Waals surface area contributed by atoms with Crippen molar-refractivity contribution in [1.82, 2.24) is 5.32 Å². The molecule has 0 radical (unpaired) electrons. The van der Waals surface area contributed by atoms with Gasteiger partial charge in [0.25, 0.3) is 0 Å². The smallest absolute Gasteiger partial charge is 0.411 e. The molecule has 4 rings (SSSR count). The van der Waals surface area contributed by atoms with Gasteiger partial charge in [0.15, 0.2) is 0 Å². The van der Waals surface area contributed by atoms with Crippen LogP contribution in [0.15, 0.2) is 47.6 Å². The zero-order chi connectivity index (χ0) is 22.2. The standard InChI is InChI=1S/C23H24F3N3O2/c1-14-17-4-2-3-5-18(17)21-13-16(28-22(30)23(24,25)26)9-11-29(21)20-7-6-15(8-10-27-31)12-19(14)20/h2-7,10,12,14,16,21,31H,8-9,11,13H2,1H3,(H,28,30)/t14-,16-,21-/m1/s1. The number of nitrogens with zero attached hydrogens (tertiary/aromatic N) is 2. The Labute approximate surface area is 178 Å². The van der Waals surface area contributed by atoms with Crippen LogP contribution in [0.2, 0.25) is 0 Å². The van der Waals surface area contributed by atoms with Crippen molar-refractivity contribution in [3.63, 3.8) is 0 Å². The Kier molecular flexibility index (Phi) is 5.64. The fraction of sp³-hybridized carbons (Fsp3) is 0.391. The van der Waals surface area contributed by atoms with Gasteiger partial charge in [0.2, 0.25) is 0 Å². The summed E-state index contributed by atoms with van der Waals surface area (Å²) >= 11 is 0. The second-order valence-corrected chi connectivity index (χ2v) is 8.15. The molecule has 1 fully saturated rings. The molecule has 0 unspecified atom stereocenters. The third-order valence-corrected chi connectivity index (χ3v) is 6.29. The summed E-state index contributed by atoms with van der Waals surface area (Å²) < 4.78 is 38.3. The molecular weight excluding hydrogens is 407 g/mol.